The van der Waals surface area contributed by atoms with Gasteiger partial charge >= 0.3 is 6.09 Å². The van der Waals surface area contributed by atoms with Crippen molar-refractivity contribution in [2.45, 2.75) is 6.42 Å². The Balaban J connectivity index is 2.05. The van der Waals surface area contributed by atoms with E-state index < -0.39 is 0 Å². The second-order valence-electron chi connectivity index (χ2n) is 4.42. The third kappa shape index (κ3) is 2.98. The first kappa shape index (κ1) is 12.8. The highest BCUT2D eigenvalue weighted by Crippen LogP contribution is 2.22. The molecular weight excluding hydrogens is 235 g/mol. The van der Waals surface area contributed by atoms with E-state index in [1.165, 1.54) is 12.1 Å². The van der Waals surface area contributed by atoms with Gasteiger partial charge in [0.05, 0.1) is 6.61 Å². The maximum atomic E-state index is 12.9. The van der Waals surface area contributed by atoms with E-state index >= 15 is 0 Å². The van der Waals surface area contributed by atoms with Crippen LogP contribution in [0.4, 0.5) is 14.9 Å². The fraction of sp³-hybridized carbons (Fsp3) is 0.462. The number of carbonyl (C=O) groups excluding carboxylic acids is 1. The molecule has 1 atom stereocenters. The number of anilines is 1. The van der Waals surface area contributed by atoms with Crippen LogP contribution in [0.1, 0.15) is 6.42 Å². The maximum Gasteiger partial charge on any atom is 0.414 e. The van der Waals surface area contributed by atoms with Crippen molar-refractivity contribution in [2.75, 3.05) is 31.6 Å². The average molecular weight is 252 g/mol. The molecule has 1 aromatic rings. The topological polar surface area (TPSA) is 41.6 Å². The molecule has 0 aliphatic carbocycles. The van der Waals surface area contributed by atoms with Crippen LogP contribution in [0.2, 0.25) is 0 Å². The number of rotatable bonds is 4. The molecule has 1 saturated heterocycles. The van der Waals surface area contributed by atoms with Crippen molar-refractivity contribution in [1.29, 1.82) is 0 Å². The standard InChI is InChI=1S/C13H17FN2O2/c1-15-7-6-10-8-16(13(17)18-9-10)12-4-2-11(14)3-5-12/h2-5,10,15H,6-9H2,1H3. The molecule has 0 radical (unpaired) electrons. The summed E-state index contributed by atoms with van der Waals surface area (Å²) in [4.78, 5) is 13.3. The molecule has 1 aliphatic heterocycles. The first-order chi connectivity index (χ1) is 8.70. The Labute approximate surface area is 106 Å². The molecule has 1 heterocycles. The number of nitrogens with zero attached hydrogens (tertiary/aromatic N) is 1. The second-order valence-corrected chi connectivity index (χ2v) is 4.42. The minimum Gasteiger partial charge on any atom is -0.449 e. The van der Waals surface area contributed by atoms with E-state index in [0.29, 0.717) is 24.8 Å². The molecule has 1 N–H and O–H groups in total. The van der Waals surface area contributed by atoms with Crippen LogP contribution >= 0.6 is 0 Å². The largest absolute Gasteiger partial charge is 0.449 e. The molecule has 2 rings (SSSR count). The number of hydrogen-bond acceptors (Lipinski definition) is 3. The van der Waals surface area contributed by atoms with Crippen LogP contribution in [-0.4, -0.2) is 32.8 Å². The lowest BCUT2D eigenvalue weighted by molar-refractivity contribution is 0.112. The van der Waals surface area contributed by atoms with Gasteiger partial charge in [0.2, 0.25) is 0 Å². The molecule has 1 fully saturated rings. The molecule has 1 aliphatic rings. The quantitative estimate of drug-likeness (QED) is 0.891. The van der Waals surface area contributed by atoms with Crippen molar-refractivity contribution in [3.8, 4) is 0 Å². The summed E-state index contributed by atoms with van der Waals surface area (Å²) >= 11 is 0. The van der Waals surface area contributed by atoms with Crippen molar-refractivity contribution in [2.24, 2.45) is 5.92 Å². The van der Waals surface area contributed by atoms with E-state index in [0.717, 1.165) is 13.0 Å². The highest BCUT2D eigenvalue weighted by atomic mass is 19.1. The minimum atomic E-state index is -0.359. The van der Waals surface area contributed by atoms with E-state index in [1.807, 2.05) is 7.05 Å². The van der Waals surface area contributed by atoms with Crippen molar-refractivity contribution in [1.82, 2.24) is 5.32 Å². The van der Waals surface area contributed by atoms with Gasteiger partial charge in [-0.15, -0.1) is 0 Å². The average Bonchev–Trinajstić information content (AvgIpc) is 2.39. The lowest BCUT2D eigenvalue weighted by Crippen LogP contribution is -2.43. The molecule has 0 aromatic heterocycles. The normalized spacial score (nSPS) is 19.8. The van der Waals surface area contributed by atoms with Gasteiger partial charge in [-0.1, -0.05) is 0 Å². The minimum absolute atomic E-state index is 0.306. The molecule has 1 aromatic carbocycles. The Morgan fingerprint density at radius 1 is 1.44 bits per heavy atom. The SMILES string of the molecule is CNCCC1COC(=O)N(c2ccc(F)cc2)C1. The van der Waals surface area contributed by atoms with Crippen LogP contribution in [0.3, 0.4) is 0 Å². The predicted molar refractivity (Wildman–Crippen MR) is 67.1 cm³/mol. The Morgan fingerprint density at radius 2 is 2.17 bits per heavy atom. The van der Waals surface area contributed by atoms with Crippen molar-refractivity contribution in [3.05, 3.63) is 30.1 Å². The van der Waals surface area contributed by atoms with E-state index in [9.17, 15) is 9.18 Å². The number of carbonyl (C=O) groups is 1. The molecule has 4 nitrogen and oxygen atoms in total. The first-order valence-electron chi connectivity index (χ1n) is 6.05. The van der Waals surface area contributed by atoms with E-state index in [4.69, 9.17) is 4.74 Å². The smallest absolute Gasteiger partial charge is 0.414 e. The summed E-state index contributed by atoms with van der Waals surface area (Å²) in [6.07, 6.45) is 0.587. The Kier molecular flexibility index (Phi) is 4.15. The highest BCUT2D eigenvalue weighted by Gasteiger charge is 2.27. The Bertz CT molecular complexity index is 408. The van der Waals surface area contributed by atoms with Crippen LogP contribution in [0.25, 0.3) is 0 Å². The molecular formula is C13H17FN2O2. The maximum absolute atomic E-state index is 12.9. The van der Waals surface area contributed by atoms with Gasteiger partial charge in [-0.05, 0) is 44.3 Å². The molecule has 0 spiro atoms. The first-order valence-corrected chi connectivity index (χ1v) is 6.05. The number of halogens is 1. The number of ether oxygens (including phenoxy) is 1. The third-order valence-electron chi connectivity index (χ3n) is 3.04. The zero-order valence-corrected chi connectivity index (χ0v) is 10.4. The van der Waals surface area contributed by atoms with Crippen molar-refractivity contribution >= 4 is 11.8 Å². The van der Waals surface area contributed by atoms with Crippen molar-refractivity contribution < 1.29 is 13.9 Å². The summed E-state index contributed by atoms with van der Waals surface area (Å²) in [7, 11) is 1.90. The number of cyclic esters (lactones) is 1. The highest BCUT2D eigenvalue weighted by molar-refractivity contribution is 5.88. The van der Waals surface area contributed by atoms with Gasteiger partial charge in [-0.25, -0.2) is 9.18 Å². The number of nitrogens with one attached hydrogen (secondary N) is 1. The van der Waals surface area contributed by atoms with E-state index in [2.05, 4.69) is 5.32 Å². The van der Waals surface area contributed by atoms with Crippen LogP contribution in [0.5, 0.6) is 0 Å². The second kappa shape index (κ2) is 5.82. The molecule has 98 valence electrons. The van der Waals surface area contributed by atoms with Crippen LogP contribution in [0, 0.1) is 11.7 Å². The predicted octanol–water partition coefficient (Wildman–Crippen LogP) is 2.01. The van der Waals surface area contributed by atoms with Gasteiger partial charge in [0.15, 0.2) is 0 Å². The van der Waals surface area contributed by atoms with Crippen LogP contribution in [0.15, 0.2) is 24.3 Å². The fourth-order valence-electron chi connectivity index (χ4n) is 2.01. The van der Waals surface area contributed by atoms with Crippen LogP contribution in [-0.2, 0) is 4.74 Å². The monoisotopic (exact) mass is 252 g/mol. The van der Waals surface area contributed by atoms with E-state index in [-0.39, 0.29) is 11.9 Å². The van der Waals surface area contributed by atoms with Crippen molar-refractivity contribution in [3.63, 3.8) is 0 Å². The molecule has 5 heteroatoms. The summed E-state index contributed by atoms with van der Waals surface area (Å²) in [5, 5.41) is 3.08. The van der Waals surface area contributed by atoms with Gasteiger partial charge in [0, 0.05) is 18.2 Å². The molecule has 0 bridgehead atoms. The molecule has 18 heavy (non-hydrogen) atoms. The summed E-state index contributed by atoms with van der Waals surface area (Å²) in [6, 6.07) is 5.88. The van der Waals surface area contributed by atoms with Gasteiger partial charge in [0.1, 0.15) is 5.82 Å². The summed E-state index contributed by atoms with van der Waals surface area (Å²) < 4.78 is 18.0. The molecule has 0 saturated carbocycles. The lowest BCUT2D eigenvalue weighted by Gasteiger charge is -2.32. The lowest BCUT2D eigenvalue weighted by atomic mass is 10.0. The number of hydrogen-bond donors (Lipinski definition) is 1. The van der Waals surface area contributed by atoms with Gasteiger partial charge in [-0.2, -0.15) is 0 Å². The van der Waals surface area contributed by atoms with Crippen LogP contribution < -0.4 is 10.2 Å². The third-order valence-corrected chi connectivity index (χ3v) is 3.04. The van der Waals surface area contributed by atoms with Gasteiger partial charge in [0.25, 0.3) is 0 Å². The fourth-order valence-corrected chi connectivity index (χ4v) is 2.01. The zero-order chi connectivity index (χ0) is 13.0. The summed E-state index contributed by atoms with van der Waals surface area (Å²) in [5.41, 5.74) is 0.676. The number of benzene rings is 1. The summed E-state index contributed by atoms with van der Waals surface area (Å²) in [6.45, 7) is 1.96. The zero-order valence-electron chi connectivity index (χ0n) is 10.4. The Morgan fingerprint density at radius 3 is 2.83 bits per heavy atom. The number of amides is 1. The Hall–Kier alpha value is -1.62. The molecule has 1 unspecified atom stereocenters. The molecule has 1 amide bonds. The van der Waals surface area contributed by atoms with E-state index in [1.54, 1.807) is 17.0 Å². The van der Waals surface area contributed by atoms with Gasteiger partial charge < -0.3 is 10.1 Å². The summed E-state index contributed by atoms with van der Waals surface area (Å²) in [5.74, 6) is -0.00365. The van der Waals surface area contributed by atoms with Gasteiger partial charge in [-0.3, -0.25) is 4.90 Å².